The zero-order chi connectivity index (χ0) is 22.5. The highest BCUT2D eigenvalue weighted by atomic mass is 16.4. The fourth-order valence-electron chi connectivity index (χ4n) is 4.20. The van der Waals surface area contributed by atoms with E-state index in [1.54, 1.807) is 13.8 Å². The summed E-state index contributed by atoms with van der Waals surface area (Å²) in [5.41, 5.74) is 6.22. The molecule has 0 radical (unpaired) electrons. The van der Waals surface area contributed by atoms with Crippen molar-refractivity contribution >= 4 is 12.0 Å². The second-order valence-electron chi connectivity index (χ2n) is 8.88. The summed E-state index contributed by atoms with van der Waals surface area (Å²) in [5, 5.41) is 19.0. The maximum atomic E-state index is 10.9. The van der Waals surface area contributed by atoms with Gasteiger partial charge >= 0.3 is 5.97 Å². The molecule has 2 aromatic rings. The first-order valence-corrected chi connectivity index (χ1v) is 10.9. The Hall–Kier alpha value is -2.39. The second-order valence-corrected chi connectivity index (χ2v) is 8.88. The van der Waals surface area contributed by atoms with Crippen LogP contribution in [0, 0.1) is 13.8 Å². The summed E-state index contributed by atoms with van der Waals surface area (Å²) >= 11 is 0. The number of hydrogen-bond donors (Lipinski definition) is 2. The number of rotatable bonds is 9. The SMILES string of the molecule is CCC(CC)(c1ccc(/C=C/C(C)(C)O)c(C)c1)c1ccc(CCC(=O)O)c(C)c1. The van der Waals surface area contributed by atoms with E-state index in [1.165, 1.54) is 16.7 Å². The van der Waals surface area contributed by atoms with Gasteiger partial charge in [-0.1, -0.05) is 62.4 Å². The first-order chi connectivity index (χ1) is 14.0. The standard InChI is InChI=1S/C27H36O3/c1-7-27(8-2,23-12-9-21(19(3)17-23)11-14-25(28)29)24-13-10-22(20(4)18-24)15-16-26(5,6)30/h9-10,12-13,15-18,30H,7-8,11,14H2,1-6H3,(H,28,29)/b16-15+. The average molecular weight is 409 g/mol. The molecule has 0 saturated carbocycles. The lowest BCUT2D eigenvalue weighted by Crippen LogP contribution is -2.26. The van der Waals surface area contributed by atoms with Gasteiger partial charge in [-0.3, -0.25) is 4.79 Å². The van der Waals surface area contributed by atoms with Crippen LogP contribution >= 0.6 is 0 Å². The summed E-state index contributed by atoms with van der Waals surface area (Å²) < 4.78 is 0. The molecule has 0 heterocycles. The largest absolute Gasteiger partial charge is 0.481 e. The number of hydrogen-bond acceptors (Lipinski definition) is 2. The quantitative estimate of drug-likeness (QED) is 0.518. The lowest BCUT2D eigenvalue weighted by Gasteiger charge is -2.34. The van der Waals surface area contributed by atoms with Gasteiger partial charge in [-0.05, 0) is 80.3 Å². The van der Waals surface area contributed by atoms with Crippen molar-refractivity contribution in [1.82, 2.24) is 0 Å². The van der Waals surface area contributed by atoms with Crippen LogP contribution in [0.15, 0.2) is 42.5 Å². The van der Waals surface area contributed by atoms with E-state index in [0.717, 1.165) is 29.5 Å². The van der Waals surface area contributed by atoms with Crippen LogP contribution in [0.4, 0.5) is 0 Å². The molecule has 162 valence electrons. The molecule has 2 aromatic carbocycles. The van der Waals surface area contributed by atoms with E-state index in [1.807, 2.05) is 12.2 Å². The summed E-state index contributed by atoms with van der Waals surface area (Å²) in [6.07, 6.45) is 6.49. The Balaban J connectivity index is 2.45. The molecule has 2 N–H and O–H groups in total. The molecular formula is C27H36O3. The number of benzene rings is 2. The van der Waals surface area contributed by atoms with Crippen LogP contribution < -0.4 is 0 Å². The highest BCUT2D eigenvalue weighted by Gasteiger charge is 2.31. The van der Waals surface area contributed by atoms with Gasteiger partial charge in [-0.15, -0.1) is 0 Å². The minimum Gasteiger partial charge on any atom is -0.481 e. The molecular weight excluding hydrogens is 372 g/mol. The molecule has 2 rings (SSSR count). The lowest BCUT2D eigenvalue weighted by atomic mass is 9.69. The van der Waals surface area contributed by atoms with Crippen molar-refractivity contribution in [2.24, 2.45) is 0 Å². The number of carbonyl (C=O) groups is 1. The summed E-state index contributed by atoms with van der Waals surface area (Å²) in [4.78, 5) is 10.9. The molecule has 0 bridgehead atoms. The predicted octanol–water partition coefficient (Wildman–Crippen LogP) is 6.21. The second kappa shape index (κ2) is 9.61. The number of aliphatic carboxylic acids is 1. The van der Waals surface area contributed by atoms with Crippen LogP contribution in [-0.2, 0) is 16.6 Å². The van der Waals surface area contributed by atoms with Gasteiger partial charge in [0.1, 0.15) is 0 Å². The number of aryl methyl sites for hydroxylation is 3. The van der Waals surface area contributed by atoms with Crippen LogP contribution in [0.5, 0.6) is 0 Å². The maximum absolute atomic E-state index is 10.9. The van der Waals surface area contributed by atoms with Crippen molar-refractivity contribution < 1.29 is 15.0 Å². The van der Waals surface area contributed by atoms with E-state index in [9.17, 15) is 9.90 Å². The lowest BCUT2D eigenvalue weighted by molar-refractivity contribution is -0.136. The van der Waals surface area contributed by atoms with E-state index in [2.05, 4.69) is 64.1 Å². The molecule has 3 heteroatoms. The van der Waals surface area contributed by atoms with Crippen molar-refractivity contribution in [3.05, 3.63) is 75.9 Å². The Labute approximate surface area is 181 Å². The van der Waals surface area contributed by atoms with Gasteiger partial charge < -0.3 is 10.2 Å². The smallest absolute Gasteiger partial charge is 0.303 e. The zero-order valence-corrected chi connectivity index (χ0v) is 19.2. The Morgan fingerprint density at radius 2 is 1.53 bits per heavy atom. The Bertz CT molecular complexity index is 912. The normalized spacial score (nSPS) is 12.5. The van der Waals surface area contributed by atoms with Gasteiger partial charge in [-0.25, -0.2) is 0 Å². The van der Waals surface area contributed by atoms with E-state index in [0.29, 0.717) is 6.42 Å². The minimum atomic E-state index is -0.832. The molecule has 0 saturated heterocycles. The van der Waals surface area contributed by atoms with E-state index in [4.69, 9.17) is 5.11 Å². The topological polar surface area (TPSA) is 57.5 Å². The monoisotopic (exact) mass is 408 g/mol. The van der Waals surface area contributed by atoms with Crippen molar-refractivity contribution in [3.8, 4) is 0 Å². The third kappa shape index (κ3) is 5.60. The van der Waals surface area contributed by atoms with Gasteiger partial charge in [-0.2, -0.15) is 0 Å². The molecule has 0 aliphatic rings. The molecule has 0 aromatic heterocycles. The molecule has 3 nitrogen and oxygen atoms in total. The van der Waals surface area contributed by atoms with Crippen LogP contribution in [-0.4, -0.2) is 21.8 Å². The third-order valence-corrected chi connectivity index (χ3v) is 6.20. The average Bonchev–Trinajstić information content (AvgIpc) is 2.67. The van der Waals surface area contributed by atoms with Crippen LogP contribution in [0.25, 0.3) is 6.08 Å². The summed E-state index contributed by atoms with van der Waals surface area (Å²) in [6, 6.07) is 13.1. The van der Waals surface area contributed by atoms with Crippen molar-refractivity contribution in [1.29, 1.82) is 0 Å². The van der Waals surface area contributed by atoms with Gasteiger partial charge in [0.2, 0.25) is 0 Å². The van der Waals surface area contributed by atoms with Crippen LogP contribution in [0.2, 0.25) is 0 Å². The van der Waals surface area contributed by atoms with Gasteiger partial charge in [0, 0.05) is 11.8 Å². The van der Waals surface area contributed by atoms with Crippen LogP contribution in [0.3, 0.4) is 0 Å². The van der Waals surface area contributed by atoms with Crippen LogP contribution in [0.1, 0.15) is 80.3 Å². The van der Waals surface area contributed by atoms with Crippen molar-refractivity contribution in [2.75, 3.05) is 0 Å². The van der Waals surface area contributed by atoms with Gasteiger partial charge in [0.25, 0.3) is 0 Å². The summed E-state index contributed by atoms with van der Waals surface area (Å²) in [7, 11) is 0. The molecule has 0 spiro atoms. The molecule has 30 heavy (non-hydrogen) atoms. The van der Waals surface area contributed by atoms with E-state index < -0.39 is 11.6 Å². The summed E-state index contributed by atoms with van der Waals surface area (Å²) in [6.45, 7) is 12.2. The summed E-state index contributed by atoms with van der Waals surface area (Å²) in [5.74, 6) is -0.760. The number of aliphatic hydroxyl groups is 1. The predicted molar refractivity (Wildman–Crippen MR) is 125 cm³/mol. The van der Waals surface area contributed by atoms with Crippen molar-refractivity contribution in [2.45, 2.75) is 78.2 Å². The Morgan fingerprint density at radius 3 is 2.00 bits per heavy atom. The first kappa shape index (κ1) is 23.9. The Morgan fingerprint density at radius 1 is 0.967 bits per heavy atom. The molecule has 0 amide bonds. The van der Waals surface area contributed by atoms with Gasteiger partial charge in [0.05, 0.1) is 5.60 Å². The highest BCUT2D eigenvalue weighted by molar-refractivity contribution is 5.67. The van der Waals surface area contributed by atoms with E-state index >= 15 is 0 Å². The third-order valence-electron chi connectivity index (χ3n) is 6.20. The highest BCUT2D eigenvalue weighted by Crippen LogP contribution is 2.40. The zero-order valence-electron chi connectivity index (χ0n) is 19.2. The molecule has 0 aliphatic carbocycles. The van der Waals surface area contributed by atoms with Crippen molar-refractivity contribution in [3.63, 3.8) is 0 Å². The molecule has 0 atom stereocenters. The minimum absolute atomic E-state index is 0.0840. The number of carboxylic acids is 1. The fraction of sp³-hybridized carbons (Fsp3) is 0.444. The molecule has 0 aliphatic heterocycles. The fourth-order valence-corrected chi connectivity index (χ4v) is 4.20. The molecule has 0 unspecified atom stereocenters. The first-order valence-electron chi connectivity index (χ1n) is 10.9. The Kier molecular flexibility index (Phi) is 7.65. The van der Waals surface area contributed by atoms with Gasteiger partial charge in [0.15, 0.2) is 0 Å². The molecule has 0 fully saturated rings. The van der Waals surface area contributed by atoms with E-state index in [-0.39, 0.29) is 11.8 Å². The number of carboxylic acid groups (broad SMARTS) is 1. The maximum Gasteiger partial charge on any atom is 0.303 e.